The number of hydrogen-bond acceptors (Lipinski definition) is 5. The van der Waals surface area contributed by atoms with Gasteiger partial charge in [0.25, 0.3) is 5.91 Å². The predicted octanol–water partition coefficient (Wildman–Crippen LogP) is 6.80. The molecule has 2 heterocycles. The molecule has 4 bridgehead atoms. The summed E-state index contributed by atoms with van der Waals surface area (Å²) in [5.41, 5.74) is 2.96. The maximum Gasteiger partial charge on any atom is 0.387 e. The highest BCUT2D eigenvalue weighted by atomic mass is 32.1. The van der Waals surface area contributed by atoms with Crippen LogP contribution in [0, 0.1) is 17.8 Å². The van der Waals surface area contributed by atoms with E-state index in [2.05, 4.69) is 15.0 Å². The van der Waals surface area contributed by atoms with Gasteiger partial charge >= 0.3 is 6.61 Å². The highest BCUT2D eigenvalue weighted by Crippen LogP contribution is 2.61. The second-order valence-corrected chi connectivity index (χ2v) is 11.9. The molecule has 0 radical (unpaired) electrons. The van der Waals surface area contributed by atoms with E-state index in [9.17, 15) is 13.6 Å². The van der Waals surface area contributed by atoms with Crippen LogP contribution in [0.4, 0.5) is 13.9 Å². The molecular formula is C28H26F2N4O2S. The number of alkyl halides is 2. The van der Waals surface area contributed by atoms with Crippen LogP contribution in [0.15, 0.2) is 54.7 Å². The molecule has 9 heteroatoms. The number of thiazole rings is 1. The van der Waals surface area contributed by atoms with Gasteiger partial charge in [0.2, 0.25) is 0 Å². The Bertz CT molecular complexity index is 1450. The third-order valence-electron chi connectivity index (χ3n) is 8.33. The minimum atomic E-state index is -2.89. The molecule has 4 fully saturated rings. The van der Waals surface area contributed by atoms with Crippen molar-refractivity contribution in [2.75, 3.05) is 5.32 Å². The van der Waals surface area contributed by atoms with Crippen LogP contribution in [0.25, 0.3) is 15.9 Å². The van der Waals surface area contributed by atoms with Crippen molar-refractivity contribution in [2.24, 2.45) is 17.8 Å². The first-order valence-electron chi connectivity index (χ1n) is 12.8. The summed E-state index contributed by atoms with van der Waals surface area (Å²) in [6.07, 6.45) is 9.06. The van der Waals surface area contributed by atoms with Gasteiger partial charge in [-0.2, -0.15) is 13.9 Å². The van der Waals surface area contributed by atoms with Gasteiger partial charge in [-0.05, 0) is 86.6 Å². The Labute approximate surface area is 216 Å². The summed E-state index contributed by atoms with van der Waals surface area (Å²) < 4.78 is 32.2. The lowest BCUT2D eigenvalue weighted by atomic mass is 9.48. The van der Waals surface area contributed by atoms with Gasteiger partial charge in [-0.3, -0.25) is 10.1 Å². The van der Waals surface area contributed by atoms with Gasteiger partial charge in [0.05, 0.1) is 27.2 Å². The summed E-state index contributed by atoms with van der Waals surface area (Å²) in [5.74, 6) is 1.99. The largest absolute Gasteiger partial charge is 0.435 e. The van der Waals surface area contributed by atoms with Gasteiger partial charge in [0.1, 0.15) is 5.75 Å². The molecule has 190 valence electrons. The van der Waals surface area contributed by atoms with E-state index in [4.69, 9.17) is 5.10 Å². The average molecular weight is 521 g/mol. The topological polar surface area (TPSA) is 69.0 Å². The Balaban J connectivity index is 1.24. The molecule has 0 spiro atoms. The minimum Gasteiger partial charge on any atom is -0.435 e. The van der Waals surface area contributed by atoms with Gasteiger partial charge in [0.15, 0.2) is 5.13 Å². The lowest BCUT2D eigenvalue weighted by Gasteiger charge is -2.56. The smallest absolute Gasteiger partial charge is 0.387 e. The molecule has 0 saturated heterocycles. The zero-order valence-corrected chi connectivity index (χ0v) is 20.9. The second kappa shape index (κ2) is 8.62. The van der Waals surface area contributed by atoms with E-state index in [-0.39, 0.29) is 17.1 Å². The number of fused-ring (bicyclic) bond motifs is 1. The summed E-state index contributed by atoms with van der Waals surface area (Å²) in [5, 5.41) is 8.45. The van der Waals surface area contributed by atoms with Crippen molar-refractivity contribution in [1.82, 2.24) is 14.8 Å². The number of anilines is 1. The number of para-hydroxylation sites is 1. The molecule has 2 aromatic heterocycles. The predicted molar refractivity (Wildman–Crippen MR) is 138 cm³/mol. The van der Waals surface area contributed by atoms with Crippen molar-refractivity contribution in [3.8, 4) is 11.4 Å². The van der Waals surface area contributed by atoms with Crippen LogP contribution in [0.2, 0.25) is 0 Å². The van der Waals surface area contributed by atoms with Crippen LogP contribution in [0.5, 0.6) is 5.75 Å². The Hall–Kier alpha value is -3.33. The number of amides is 1. The highest BCUT2D eigenvalue weighted by molar-refractivity contribution is 7.22. The number of halogens is 2. The number of nitrogens with zero attached hydrogens (tertiary/aromatic N) is 3. The molecule has 1 amide bonds. The lowest BCUT2D eigenvalue weighted by Crippen LogP contribution is -2.49. The number of carbonyl (C=O) groups excluding carboxylic acids is 1. The van der Waals surface area contributed by atoms with E-state index < -0.39 is 6.61 Å². The monoisotopic (exact) mass is 520 g/mol. The number of benzene rings is 2. The zero-order valence-electron chi connectivity index (χ0n) is 20.1. The van der Waals surface area contributed by atoms with E-state index >= 15 is 0 Å². The molecule has 4 aromatic rings. The molecule has 4 aliphatic carbocycles. The molecule has 4 aliphatic rings. The minimum absolute atomic E-state index is 0.0590. The van der Waals surface area contributed by atoms with Crippen molar-refractivity contribution in [2.45, 2.75) is 50.6 Å². The Morgan fingerprint density at radius 1 is 1.05 bits per heavy atom. The van der Waals surface area contributed by atoms with Gasteiger partial charge in [-0.15, -0.1) is 0 Å². The van der Waals surface area contributed by atoms with E-state index in [1.54, 1.807) is 6.07 Å². The summed E-state index contributed by atoms with van der Waals surface area (Å²) in [6.45, 7) is -2.89. The van der Waals surface area contributed by atoms with Crippen LogP contribution in [0.1, 0.15) is 54.6 Å². The molecule has 2 aromatic carbocycles. The van der Waals surface area contributed by atoms with Crippen LogP contribution in [-0.4, -0.2) is 27.3 Å². The first-order valence-corrected chi connectivity index (χ1v) is 13.6. The third kappa shape index (κ3) is 4.09. The summed E-state index contributed by atoms with van der Waals surface area (Å²) in [7, 11) is 0. The number of ether oxygens (including phenoxy) is 1. The molecule has 8 rings (SSSR count). The fourth-order valence-corrected chi connectivity index (χ4v) is 8.23. The van der Waals surface area contributed by atoms with Crippen LogP contribution < -0.4 is 10.1 Å². The number of carbonyl (C=O) groups is 1. The standard InChI is InChI=1S/C28H26F2N4O2S/c29-26(30)36-20-6-7-22-23(11-20)37-27(31-22)32-25(35)21-15-34(19-4-2-1-3-5-19)33-24(21)28-12-16-8-17(13-28)10-18(9-16)14-28/h1-7,11,15-18,26H,8-10,12-14H2,(H,31,32,35). The number of nitrogens with one attached hydrogen (secondary N) is 1. The number of hydrogen-bond donors (Lipinski definition) is 1. The Kier molecular flexibility index (Phi) is 5.32. The lowest BCUT2D eigenvalue weighted by molar-refractivity contribution is -0.0497. The highest BCUT2D eigenvalue weighted by Gasteiger charge is 2.54. The maximum atomic E-state index is 13.7. The first kappa shape index (κ1) is 22.8. The Morgan fingerprint density at radius 3 is 2.43 bits per heavy atom. The quantitative estimate of drug-likeness (QED) is 0.303. The summed E-state index contributed by atoms with van der Waals surface area (Å²) >= 11 is 1.23. The van der Waals surface area contributed by atoms with Crippen molar-refractivity contribution < 1.29 is 18.3 Å². The van der Waals surface area contributed by atoms with Crippen molar-refractivity contribution in [3.05, 3.63) is 66.0 Å². The number of rotatable bonds is 6. The fraction of sp³-hybridized carbons (Fsp3) is 0.393. The zero-order chi connectivity index (χ0) is 25.1. The van der Waals surface area contributed by atoms with Gasteiger partial charge in [-0.25, -0.2) is 9.67 Å². The molecule has 1 N–H and O–H groups in total. The fourth-order valence-electron chi connectivity index (χ4n) is 7.34. The van der Waals surface area contributed by atoms with Crippen molar-refractivity contribution in [3.63, 3.8) is 0 Å². The van der Waals surface area contributed by atoms with Crippen molar-refractivity contribution >= 4 is 32.6 Å². The van der Waals surface area contributed by atoms with Crippen LogP contribution >= 0.6 is 11.3 Å². The van der Waals surface area contributed by atoms with Crippen LogP contribution in [0.3, 0.4) is 0 Å². The van der Waals surface area contributed by atoms with E-state index in [1.165, 1.54) is 42.7 Å². The van der Waals surface area contributed by atoms with Crippen molar-refractivity contribution in [1.29, 1.82) is 0 Å². The van der Waals surface area contributed by atoms with Crippen LogP contribution in [-0.2, 0) is 5.41 Å². The normalized spacial score (nSPS) is 26.2. The number of aromatic nitrogens is 3. The molecule has 0 aliphatic heterocycles. The molecule has 0 atom stereocenters. The third-order valence-corrected chi connectivity index (χ3v) is 9.26. The maximum absolute atomic E-state index is 13.7. The SMILES string of the molecule is O=C(Nc1nc2ccc(OC(F)F)cc2s1)c1cn(-c2ccccc2)nc1C12CC3CC(CC(C3)C1)C2. The van der Waals surface area contributed by atoms with E-state index in [0.29, 0.717) is 20.9 Å². The van der Waals surface area contributed by atoms with Gasteiger partial charge < -0.3 is 4.74 Å². The average Bonchev–Trinajstić information content (AvgIpc) is 3.48. The molecule has 37 heavy (non-hydrogen) atoms. The molecule has 4 saturated carbocycles. The van der Waals surface area contributed by atoms with E-state index in [1.807, 2.05) is 41.2 Å². The van der Waals surface area contributed by atoms with Gasteiger partial charge in [-0.1, -0.05) is 29.5 Å². The van der Waals surface area contributed by atoms with Gasteiger partial charge in [0, 0.05) is 11.6 Å². The first-order chi connectivity index (χ1) is 17.9. The molecule has 6 nitrogen and oxygen atoms in total. The summed E-state index contributed by atoms with van der Waals surface area (Å²) in [6, 6.07) is 14.5. The van der Waals surface area contributed by atoms with E-state index in [0.717, 1.165) is 48.4 Å². The second-order valence-electron chi connectivity index (χ2n) is 10.9. The summed E-state index contributed by atoms with van der Waals surface area (Å²) in [4.78, 5) is 18.2. The molecule has 0 unspecified atom stereocenters. The molecular weight excluding hydrogens is 494 g/mol. The Morgan fingerprint density at radius 2 is 1.76 bits per heavy atom.